The summed E-state index contributed by atoms with van der Waals surface area (Å²) in [6.07, 6.45) is 0.436. The molecule has 0 fully saturated rings. The third-order valence-electron chi connectivity index (χ3n) is 4.67. The first-order valence-electron chi connectivity index (χ1n) is 10.2. The van der Waals surface area contributed by atoms with Crippen LogP contribution in [-0.2, 0) is 16.1 Å². The first-order chi connectivity index (χ1) is 15.1. The van der Waals surface area contributed by atoms with Crippen LogP contribution < -0.4 is 10.1 Å². The normalized spacial score (nSPS) is 11.9. The maximum atomic E-state index is 13.2. The molecule has 0 aliphatic rings. The highest BCUT2D eigenvalue weighted by Crippen LogP contribution is 2.28. The molecule has 0 bridgehead atoms. The lowest BCUT2D eigenvalue weighted by Crippen LogP contribution is -2.50. The number of halogens is 4. The van der Waals surface area contributed by atoms with Crippen molar-refractivity contribution in [1.82, 2.24) is 10.2 Å². The lowest BCUT2D eigenvalue weighted by atomic mass is 10.1. The van der Waals surface area contributed by atoms with Crippen LogP contribution in [0.1, 0.15) is 32.8 Å². The Morgan fingerprint density at radius 1 is 1.09 bits per heavy atom. The minimum Gasteiger partial charge on any atom is -0.483 e. The van der Waals surface area contributed by atoms with Crippen LogP contribution in [-0.4, -0.2) is 35.9 Å². The van der Waals surface area contributed by atoms with E-state index in [9.17, 15) is 9.59 Å². The topological polar surface area (TPSA) is 58.6 Å². The van der Waals surface area contributed by atoms with Crippen molar-refractivity contribution in [2.45, 2.75) is 39.8 Å². The number of ether oxygens (including phenoxy) is 1. The number of benzene rings is 2. The third kappa shape index (κ3) is 7.84. The summed E-state index contributed by atoms with van der Waals surface area (Å²) in [6, 6.07) is 9.42. The zero-order chi connectivity index (χ0) is 23.8. The minimum absolute atomic E-state index is 0.146. The van der Waals surface area contributed by atoms with Crippen molar-refractivity contribution >= 4 is 62.5 Å². The summed E-state index contributed by atoms with van der Waals surface area (Å²) < 4.78 is 6.34. The van der Waals surface area contributed by atoms with Crippen LogP contribution in [0.4, 0.5) is 0 Å². The summed E-state index contributed by atoms with van der Waals surface area (Å²) in [5.74, 6) is 0.207. The number of amides is 2. The molecule has 32 heavy (non-hydrogen) atoms. The smallest absolute Gasteiger partial charge is 0.261 e. The maximum absolute atomic E-state index is 13.2. The summed E-state index contributed by atoms with van der Waals surface area (Å²) in [4.78, 5) is 27.6. The Morgan fingerprint density at radius 3 is 2.34 bits per heavy atom. The van der Waals surface area contributed by atoms with Gasteiger partial charge in [-0.05, 0) is 64.2 Å². The Bertz CT molecular complexity index is 956. The molecule has 2 amide bonds. The van der Waals surface area contributed by atoms with Crippen molar-refractivity contribution in [2.24, 2.45) is 5.92 Å². The lowest BCUT2D eigenvalue weighted by molar-refractivity contribution is -0.143. The molecule has 9 heteroatoms. The molecule has 1 N–H and O–H groups in total. The van der Waals surface area contributed by atoms with Crippen LogP contribution in [0.15, 0.2) is 40.9 Å². The van der Waals surface area contributed by atoms with Gasteiger partial charge in [-0.2, -0.15) is 0 Å². The van der Waals surface area contributed by atoms with E-state index in [0.717, 1.165) is 0 Å². The molecule has 0 saturated heterocycles. The van der Waals surface area contributed by atoms with Gasteiger partial charge in [-0.3, -0.25) is 9.59 Å². The summed E-state index contributed by atoms with van der Waals surface area (Å²) >= 11 is 21.7. The van der Waals surface area contributed by atoms with E-state index >= 15 is 0 Å². The average molecular weight is 565 g/mol. The van der Waals surface area contributed by atoms with E-state index in [2.05, 4.69) is 21.2 Å². The zero-order valence-corrected chi connectivity index (χ0v) is 22.0. The molecule has 174 valence electrons. The summed E-state index contributed by atoms with van der Waals surface area (Å²) in [7, 11) is 0. The summed E-state index contributed by atoms with van der Waals surface area (Å²) in [5.41, 5.74) is 0.687. The predicted octanol–water partition coefficient (Wildman–Crippen LogP) is 6.37. The van der Waals surface area contributed by atoms with E-state index in [4.69, 9.17) is 39.5 Å². The van der Waals surface area contributed by atoms with Crippen LogP contribution in [0.25, 0.3) is 0 Å². The molecule has 2 aromatic rings. The number of nitrogens with zero attached hydrogens (tertiary/aromatic N) is 1. The number of nitrogens with one attached hydrogen (secondary N) is 1. The first kappa shape index (κ1) is 26.8. The molecule has 5 nitrogen and oxygen atoms in total. The molecular weight excluding hydrogens is 539 g/mol. The summed E-state index contributed by atoms with van der Waals surface area (Å²) in [6.45, 7) is 6.30. The van der Waals surface area contributed by atoms with E-state index in [1.165, 1.54) is 4.90 Å². The molecule has 0 saturated carbocycles. The molecule has 0 heterocycles. The number of rotatable bonds is 10. The molecule has 0 aliphatic heterocycles. The maximum Gasteiger partial charge on any atom is 0.261 e. The summed E-state index contributed by atoms with van der Waals surface area (Å²) in [5, 5.41) is 4.38. The van der Waals surface area contributed by atoms with Crippen molar-refractivity contribution in [3.8, 4) is 5.75 Å². The van der Waals surface area contributed by atoms with Crippen LogP contribution in [0, 0.1) is 5.92 Å². The Morgan fingerprint density at radius 2 is 1.75 bits per heavy atom. The Balaban J connectivity index is 2.26. The zero-order valence-electron chi connectivity index (χ0n) is 18.1. The largest absolute Gasteiger partial charge is 0.483 e. The van der Waals surface area contributed by atoms with Gasteiger partial charge >= 0.3 is 0 Å². The molecule has 2 aromatic carbocycles. The highest BCUT2D eigenvalue weighted by atomic mass is 79.9. The fourth-order valence-corrected chi connectivity index (χ4v) is 4.26. The molecular formula is C23H26BrCl3N2O3. The standard InChI is InChI=1S/C23H26BrCl3N2O3/c1-4-20(23(31)28-11-14(2)3)29(12-15-5-6-17(26)10-19(15)27)22(30)13-32-21-8-7-16(25)9-18(21)24/h5-10,14,20H,4,11-13H2,1-3H3,(H,28,31). The number of carbonyl (C=O) groups excluding carboxylic acids is 2. The molecule has 0 aromatic heterocycles. The lowest BCUT2D eigenvalue weighted by Gasteiger charge is -2.31. The number of carbonyl (C=O) groups is 2. The Kier molecular flexibility index (Phi) is 10.6. The minimum atomic E-state index is -0.676. The van der Waals surface area contributed by atoms with E-state index < -0.39 is 6.04 Å². The van der Waals surface area contributed by atoms with Gasteiger partial charge in [-0.1, -0.05) is 61.6 Å². The van der Waals surface area contributed by atoms with E-state index in [1.54, 1.807) is 36.4 Å². The second-order valence-corrected chi connectivity index (χ2v) is 9.82. The Hall–Kier alpha value is -1.47. The van der Waals surface area contributed by atoms with Crippen LogP contribution in [0.2, 0.25) is 15.1 Å². The van der Waals surface area contributed by atoms with Crippen LogP contribution >= 0.6 is 50.7 Å². The van der Waals surface area contributed by atoms with E-state index in [0.29, 0.717) is 43.8 Å². The van der Waals surface area contributed by atoms with Gasteiger partial charge in [-0.25, -0.2) is 0 Å². The van der Waals surface area contributed by atoms with Crippen LogP contribution in [0.5, 0.6) is 5.75 Å². The quantitative estimate of drug-likeness (QED) is 0.365. The van der Waals surface area contributed by atoms with Gasteiger partial charge in [0.1, 0.15) is 11.8 Å². The fraction of sp³-hybridized carbons (Fsp3) is 0.391. The fourth-order valence-electron chi connectivity index (χ4n) is 2.99. The van der Waals surface area contributed by atoms with Crippen LogP contribution in [0.3, 0.4) is 0 Å². The van der Waals surface area contributed by atoms with Gasteiger partial charge in [0, 0.05) is 28.2 Å². The molecule has 2 rings (SSSR count). The SMILES string of the molecule is CCC(C(=O)NCC(C)C)N(Cc1ccc(Cl)cc1Cl)C(=O)COc1ccc(Cl)cc1Br. The number of hydrogen-bond acceptors (Lipinski definition) is 3. The van der Waals surface area contributed by atoms with E-state index in [-0.39, 0.29) is 30.9 Å². The van der Waals surface area contributed by atoms with Gasteiger partial charge in [-0.15, -0.1) is 0 Å². The molecule has 1 unspecified atom stereocenters. The van der Waals surface area contributed by atoms with Crippen molar-refractivity contribution in [3.63, 3.8) is 0 Å². The highest BCUT2D eigenvalue weighted by Gasteiger charge is 2.29. The van der Waals surface area contributed by atoms with Gasteiger partial charge < -0.3 is 15.0 Å². The average Bonchev–Trinajstić information content (AvgIpc) is 2.72. The van der Waals surface area contributed by atoms with Gasteiger partial charge in [0.05, 0.1) is 4.47 Å². The second-order valence-electron chi connectivity index (χ2n) is 7.68. The first-order valence-corrected chi connectivity index (χ1v) is 12.1. The second kappa shape index (κ2) is 12.7. The molecule has 0 radical (unpaired) electrons. The molecule has 0 spiro atoms. The van der Waals surface area contributed by atoms with Crippen molar-refractivity contribution in [3.05, 3.63) is 61.5 Å². The number of hydrogen-bond donors (Lipinski definition) is 1. The van der Waals surface area contributed by atoms with Crippen molar-refractivity contribution < 1.29 is 14.3 Å². The van der Waals surface area contributed by atoms with E-state index in [1.807, 2.05) is 20.8 Å². The van der Waals surface area contributed by atoms with Gasteiger partial charge in [0.15, 0.2) is 6.61 Å². The Labute approximate surface area is 212 Å². The highest BCUT2D eigenvalue weighted by molar-refractivity contribution is 9.10. The van der Waals surface area contributed by atoms with Crippen molar-refractivity contribution in [1.29, 1.82) is 0 Å². The predicted molar refractivity (Wildman–Crippen MR) is 134 cm³/mol. The molecule has 1 atom stereocenters. The monoisotopic (exact) mass is 562 g/mol. The molecule has 0 aliphatic carbocycles. The third-order valence-corrected chi connectivity index (χ3v) is 6.11. The van der Waals surface area contributed by atoms with Crippen molar-refractivity contribution in [2.75, 3.05) is 13.2 Å². The van der Waals surface area contributed by atoms with Gasteiger partial charge in [0.2, 0.25) is 5.91 Å². The van der Waals surface area contributed by atoms with Gasteiger partial charge in [0.25, 0.3) is 5.91 Å².